The van der Waals surface area contributed by atoms with Crippen LogP contribution in [0.15, 0.2) is 0 Å². The number of urea groups is 1. The van der Waals surface area contributed by atoms with Crippen molar-refractivity contribution in [3.63, 3.8) is 0 Å². The van der Waals surface area contributed by atoms with E-state index in [9.17, 15) is 9.59 Å². The fourth-order valence-electron chi connectivity index (χ4n) is 2.65. The molecule has 1 aliphatic carbocycles. The first-order valence-corrected chi connectivity index (χ1v) is 7.17. The third-order valence-electron chi connectivity index (χ3n) is 4.24. The number of carboxylic acid groups (broad SMARTS) is 1. The molecule has 0 aromatic heterocycles. The van der Waals surface area contributed by atoms with Crippen molar-refractivity contribution in [1.82, 2.24) is 10.2 Å². The van der Waals surface area contributed by atoms with Gasteiger partial charge in [-0.1, -0.05) is 26.2 Å². The van der Waals surface area contributed by atoms with Crippen LogP contribution in [0, 0.1) is 0 Å². The quantitative estimate of drug-likeness (QED) is 0.806. The van der Waals surface area contributed by atoms with Crippen molar-refractivity contribution in [3.05, 3.63) is 0 Å². The number of nitrogens with one attached hydrogen (secondary N) is 1. The smallest absolute Gasteiger partial charge is 0.317 e. The number of rotatable bonds is 5. The number of carboxylic acids is 1. The lowest BCUT2D eigenvalue weighted by atomic mass is 9.79. The van der Waals surface area contributed by atoms with Gasteiger partial charge >= 0.3 is 12.0 Å². The monoisotopic (exact) mass is 270 g/mol. The Balaban J connectivity index is 2.71. The van der Waals surface area contributed by atoms with Gasteiger partial charge in [-0.3, -0.25) is 4.79 Å². The zero-order chi connectivity index (χ0) is 14.5. The second-order valence-corrected chi connectivity index (χ2v) is 5.71. The minimum absolute atomic E-state index is 0.0209. The van der Waals surface area contributed by atoms with E-state index in [4.69, 9.17) is 5.11 Å². The Bertz CT molecular complexity index is 325. The molecule has 1 rings (SSSR count). The summed E-state index contributed by atoms with van der Waals surface area (Å²) < 4.78 is 0. The van der Waals surface area contributed by atoms with Crippen LogP contribution >= 0.6 is 0 Å². The van der Waals surface area contributed by atoms with Gasteiger partial charge in [0.2, 0.25) is 0 Å². The van der Waals surface area contributed by atoms with Crippen LogP contribution in [0.5, 0.6) is 0 Å². The molecule has 0 heterocycles. The van der Waals surface area contributed by atoms with Gasteiger partial charge in [-0.2, -0.15) is 0 Å². The predicted molar refractivity (Wildman–Crippen MR) is 74.1 cm³/mol. The highest BCUT2D eigenvalue weighted by molar-refractivity contribution is 5.77. The summed E-state index contributed by atoms with van der Waals surface area (Å²) in [5.74, 6) is -0.839. The number of hydrogen-bond acceptors (Lipinski definition) is 2. The van der Waals surface area contributed by atoms with E-state index in [-0.39, 0.29) is 18.5 Å². The van der Waals surface area contributed by atoms with Crippen LogP contribution < -0.4 is 5.32 Å². The average molecular weight is 270 g/mol. The molecule has 5 heteroatoms. The van der Waals surface area contributed by atoms with Crippen LogP contribution in [0.25, 0.3) is 0 Å². The molecule has 0 spiro atoms. The second kappa shape index (κ2) is 6.78. The highest BCUT2D eigenvalue weighted by atomic mass is 16.4. The summed E-state index contributed by atoms with van der Waals surface area (Å²) in [6.07, 6.45) is 5.53. The largest absolute Gasteiger partial charge is 0.481 e. The molecule has 1 atom stereocenters. The summed E-state index contributed by atoms with van der Waals surface area (Å²) in [5, 5.41) is 12.1. The topological polar surface area (TPSA) is 69.6 Å². The molecule has 0 saturated heterocycles. The van der Waals surface area contributed by atoms with Gasteiger partial charge in [0, 0.05) is 13.1 Å². The van der Waals surface area contributed by atoms with Crippen molar-refractivity contribution in [2.24, 2.45) is 0 Å². The standard InChI is InChI=1S/C14H26N2O3/c1-4-11(2)16(3)13(19)15-14(10-12(17)18)8-6-5-7-9-14/h11H,4-10H2,1-3H3,(H,15,19)(H,17,18). The van der Waals surface area contributed by atoms with E-state index in [1.165, 1.54) is 0 Å². The third kappa shape index (κ3) is 4.40. The van der Waals surface area contributed by atoms with Gasteiger partial charge < -0.3 is 15.3 Å². The highest BCUT2D eigenvalue weighted by Gasteiger charge is 2.36. The van der Waals surface area contributed by atoms with Gasteiger partial charge in [-0.15, -0.1) is 0 Å². The molecule has 0 aromatic rings. The molecule has 0 aliphatic heterocycles. The number of amides is 2. The summed E-state index contributed by atoms with van der Waals surface area (Å²) in [6, 6.07) is 0.00275. The highest BCUT2D eigenvalue weighted by Crippen LogP contribution is 2.31. The summed E-state index contributed by atoms with van der Waals surface area (Å²) in [5.41, 5.74) is -0.553. The number of aliphatic carboxylic acids is 1. The Kier molecular flexibility index (Phi) is 5.63. The molecular formula is C14H26N2O3. The molecule has 110 valence electrons. The lowest BCUT2D eigenvalue weighted by Gasteiger charge is -2.39. The molecule has 19 heavy (non-hydrogen) atoms. The fourth-order valence-corrected chi connectivity index (χ4v) is 2.65. The van der Waals surface area contributed by atoms with E-state index in [1.807, 2.05) is 13.8 Å². The number of nitrogens with zero attached hydrogens (tertiary/aromatic N) is 1. The zero-order valence-electron chi connectivity index (χ0n) is 12.2. The minimum Gasteiger partial charge on any atom is -0.481 e. The zero-order valence-corrected chi connectivity index (χ0v) is 12.2. The Morgan fingerprint density at radius 1 is 1.32 bits per heavy atom. The van der Waals surface area contributed by atoms with Crippen molar-refractivity contribution in [1.29, 1.82) is 0 Å². The fraction of sp³-hybridized carbons (Fsp3) is 0.857. The van der Waals surface area contributed by atoms with E-state index in [2.05, 4.69) is 5.32 Å². The van der Waals surface area contributed by atoms with Crippen molar-refractivity contribution in [2.75, 3.05) is 7.05 Å². The minimum atomic E-state index is -0.839. The molecule has 1 saturated carbocycles. The second-order valence-electron chi connectivity index (χ2n) is 5.71. The van der Waals surface area contributed by atoms with E-state index in [0.717, 1.165) is 38.5 Å². The Morgan fingerprint density at radius 2 is 1.89 bits per heavy atom. The van der Waals surface area contributed by atoms with Crippen LogP contribution in [0.1, 0.15) is 58.8 Å². The molecule has 5 nitrogen and oxygen atoms in total. The molecule has 1 fully saturated rings. The summed E-state index contributed by atoms with van der Waals surface area (Å²) in [7, 11) is 1.76. The molecule has 0 bridgehead atoms. The van der Waals surface area contributed by atoms with Crippen molar-refractivity contribution < 1.29 is 14.7 Å². The first kappa shape index (κ1) is 15.8. The van der Waals surface area contributed by atoms with Crippen LogP contribution in [-0.4, -0.2) is 40.6 Å². The van der Waals surface area contributed by atoms with Crippen molar-refractivity contribution in [3.8, 4) is 0 Å². The van der Waals surface area contributed by atoms with E-state index in [0.29, 0.717) is 0 Å². The van der Waals surface area contributed by atoms with E-state index >= 15 is 0 Å². The molecule has 1 unspecified atom stereocenters. The molecule has 0 aromatic carbocycles. The maximum absolute atomic E-state index is 12.2. The normalized spacial score (nSPS) is 19.5. The SMILES string of the molecule is CCC(C)N(C)C(=O)NC1(CC(=O)O)CCCCC1. The first-order chi connectivity index (χ1) is 8.90. The number of carbonyl (C=O) groups excluding carboxylic acids is 1. The number of carbonyl (C=O) groups is 2. The lowest BCUT2D eigenvalue weighted by Crippen LogP contribution is -2.55. The van der Waals surface area contributed by atoms with E-state index < -0.39 is 11.5 Å². The van der Waals surface area contributed by atoms with Gasteiger partial charge in [0.15, 0.2) is 0 Å². The van der Waals surface area contributed by atoms with Crippen LogP contribution in [0.2, 0.25) is 0 Å². The molecule has 2 amide bonds. The first-order valence-electron chi connectivity index (χ1n) is 7.17. The van der Waals surface area contributed by atoms with Crippen LogP contribution in [0.3, 0.4) is 0 Å². The third-order valence-corrected chi connectivity index (χ3v) is 4.24. The Hall–Kier alpha value is -1.26. The number of hydrogen-bond donors (Lipinski definition) is 2. The van der Waals surface area contributed by atoms with Gasteiger partial charge in [-0.25, -0.2) is 4.79 Å². The summed E-state index contributed by atoms with van der Waals surface area (Å²) in [6.45, 7) is 4.02. The maximum Gasteiger partial charge on any atom is 0.317 e. The average Bonchev–Trinajstić information content (AvgIpc) is 2.36. The molecule has 0 radical (unpaired) electrons. The summed E-state index contributed by atoms with van der Waals surface area (Å²) in [4.78, 5) is 24.9. The van der Waals surface area contributed by atoms with Gasteiger partial charge in [0.1, 0.15) is 0 Å². The molecular weight excluding hydrogens is 244 g/mol. The van der Waals surface area contributed by atoms with Crippen LogP contribution in [0.4, 0.5) is 4.79 Å². The van der Waals surface area contributed by atoms with E-state index in [1.54, 1.807) is 11.9 Å². The Labute approximate surface area is 115 Å². The Morgan fingerprint density at radius 3 is 2.37 bits per heavy atom. The van der Waals surface area contributed by atoms with Gasteiger partial charge in [-0.05, 0) is 26.2 Å². The molecule has 1 aliphatic rings. The van der Waals surface area contributed by atoms with Gasteiger partial charge in [0.25, 0.3) is 0 Å². The maximum atomic E-state index is 12.2. The summed E-state index contributed by atoms with van der Waals surface area (Å²) >= 11 is 0. The van der Waals surface area contributed by atoms with Gasteiger partial charge in [0.05, 0.1) is 12.0 Å². The van der Waals surface area contributed by atoms with Crippen molar-refractivity contribution >= 4 is 12.0 Å². The van der Waals surface area contributed by atoms with Crippen LogP contribution in [-0.2, 0) is 4.79 Å². The lowest BCUT2D eigenvalue weighted by molar-refractivity contribution is -0.139. The molecule has 2 N–H and O–H groups in total. The predicted octanol–water partition coefficient (Wildman–Crippen LogP) is 2.60. The van der Waals surface area contributed by atoms with Crippen molar-refractivity contribution in [2.45, 2.75) is 70.4 Å².